The first-order valence-corrected chi connectivity index (χ1v) is 13.5. The van der Waals surface area contributed by atoms with Crippen molar-refractivity contribution in [1.29, 1.82) is 0 Å². The predicted octanol–water partition coefficient (Wildman–Crippen LogP) is 6.97. The fraction of sp³-hybridized carbons (Fsp3) is 0.500. The van der Waals surface area contributed by atoms with Gasteiger partial charge in [0.05, 0.1) is 25.9 Å². The average Bonchev–Trinajstić information content (AvgIpc) is 2.83. The quantitative estimate of drug-likeness (QED) is 0.239. The van der Waals surface area contributed by atoms with Gasteiger partial charge < -0.3 is 18.9 Å². The number of hydrogen-bond acceptors (Lipinski definition) is 6. The fourth-order valence-corrected chi connectivity index (χ4v) is 5.02. The van der Waals surface area contributed by atoms with E-state index in [2.05, 4.69) is 13.8 Å². The van der Waals surface area contributed by atoms with Crippen LogP contribution in [0, 0.1) is 18.8 Å². The Morgan fingerprint density at radius 1 is 1.08 bits per heavy atom. The maximum atomic E-state index is 12.4. The summed E-state index contributed by atoms with van der Waals surface area (Å²) in [5, 5.41) is 0.0250. The smallest absolute Gasteiger partial charge is 0.216 e. The van der Waals surface area contributed by atoms with Crippen molar-refractivity contribution < 1.29 is 23.7 Å². The van der Waals surface area contributed by atoms with Gasteiger partial charge in [-0.05, 0) is 87.2 Å². The van der Waals surface area contributed by atoms with Gasteiger partial charge in [0.25, 0.3) is 0 Å². The van der Waals surface area contributed by atoms with Crippen LogP contribution in [0.1, 0.15) is 51.7 Å². The summed E-state index contributed by atoms with van der Waals surface area (Å²) in [6.07, 6.45) is 5.20. The van der Waals surface area contributed by atoms with Crippen LogP contribution in [0.2, 0.25) is 0 Å². The number of rotatable bonds is 11. The molecule has 1 aliphatic rings. The lowest BCUT2D eigenvalue weighted by Crippen LogP contribution is -2.50. The predicted molar refractivity (Wildman–Crippen MR) is 145 cm³/mol. The van der Waals surface area contributed by atoms with E-state index in [1.807, 2.05) is 75.4 Å². The van der Waals surface area contributed by atoms with Gasteiger partial charge in [0.15, 0.2) is 5.79 Å². The van der Waals surface area contributed by atoms with Crippen LogP contribution in [0.5, 0.6) is 5.75 Å². The Bertz CT molecular complexity index is 983. The fourth-order valence-electron chi connectivity index (χ4n) is 4.36. The number of ether oxygens (including phenoxy) is 4. The Morgan fingerprint density at radius 3 is 2.42 bits per heavy atom. The molecule has 0 unspecified atom stereocenters. The third-order valence-electron chi connectivity index (χ3n) is 6.37. The van der Waals surface area contributed by atoms with E-state index in [0.717, 1.165) is 22.6 Å². The van der Waals surface area contributed by atoms with E-state index < -0.39 is 5.79 Å². The largest absolute Gasteiger partial charge is 0.497 e. The lowest BCUT2D eigenvalue weighted by atomic mass is 9.88. The summed E-state index contributed by atoms with van der Waals surface area (Å²) in [6.45, 7) is 11.6. The SMILES string of the molecule is COc1ccc(COC[C@H](C)C[C@H]2OC(C)(C)O[C@H](C/C=C/C(=O)Sc3ccc(C)cc3)[C@@H]2C)cc1. The van der Waals surface area contributed by atoms with Gasteiger partial charge in [0.2, 0.25) is 5.12 Å². The van der Waals surface area contributed by atoms with E-state index in [1.165, 1.54) is 17.3 Å². The molecule has 0 aromatic heterocycles. The average molecular weight is 513 g/mol. The highest BCUT2D eigenvalue weighted by atomic mass is 32.2. The second-order valence-electron chi connectivity index (χ2n) is 10.1. The summed E-state index contributed by atoms with van der Waals surface area (Å²) in [7, 11) is 1.67. The number of methoxy groups -OCH3 is 1. The van der Waals surface area contributed by atoms with Crippen molar-refractivity contribution in [2.45, 2.75) is 77.0 Å². The van der Waals surface area contributed by atoms with Crippen molar-refractivity contribution >= 4 is 16.9 Å². The van der Waals surface area contributed by atoms with Crippen LogP contribution in [0.4, 0.5) is 0 Å². The molecule has 0 bridgehead atoms. The van der Waals surface area contributed by atoms with Crippen molar-refractivity contribution in [3.8, 4) is 5.75 Å². The normalized spacial score (nSPS) is 22.4. The molecule has 0 radical (unpaired) electrons. The number of hydrogen-bond donors (Lipinski definition) is 0. The molecule has 0 spiro atoms. The van der Waals surface area contributed by atoms with E-state index in [1.54, 1.807) is 13.2 Å². The first-order valence-electron chi connectivity index (χ1n) is 12.7. The molecule has 5 nitrogen and oxygen atoms in total. The third-order valence-corrected chi connectivity index (χ3v) is 7.21. The Hall–Kier alpha value is -2.12. The first-order chi connectivity index (χ1) is 17.1. The second kappa shape index (κ2) is 13.4. The zero-order valence-corrected chi connectivity index (χ0v) is 23.2. The number of carbonyl (C=O) groups excluding carboxylic acids is 1. The molecule has 2 aromatic rings. The summed E-state index contributed by atoms with van der Waals surface area (Å²) in [6, 6.07) is 15.9. The molecule has 1 aliphatic heterocycles. The van der Waals surface area contributed by atoms with Gasteiger partial charge in [-0.15, -0.1) is 0 Å². The Labute approximate surface area is 220 Å². The van der Waals surface area contributed by atoms with Crippen molar-refractivity contribution in [2.24, 2.45) is 11.8 Å². The second-order valence-corrected chi connectivity index (χ2v) is 11.2. The van der Waals surface area contributed by atoms with E-state index in [0.29, 0.717) is 25.6 Å². The van der Waals surface area contributed by atoms with Crippen LogP contribution in [0.25, 0.3) is 0 Å². The molecule has 0 aliphatic carbocycles. The number of carbonyl (C=O) groups is 1. The Morgan fingerprint density at radius 2 is 1.75 bits per heavy atom. The molecule has 6 heteroatoms. The molecule has 0 saturated carbocycles. The zero-order valence-electron chi connectivity index (χ0n) is 22.4. The number of benzene rings is 2. The third kappa shape index (κ3) is 9.07. The minimum Gasteiger partial charge on any atom is -0.497 e. The Kier molecular flexibility index (Phi) is 10.6. The molecule has 4 atom stereocenters. The van der Waals surface area contributed by atoms with E-state index >= 15 is 0 Å². The molecule has 3 rings (SSSR count). The molecule has 36 heavy (non-hydrogen) atoms. The molecule has 0 amide bonds. The van der Waals surface area contributed by atoms with Crippen LogP contribution >= 0.6 is 11.8 Å². The molecule has 196 valence electrons. The van der Waals surface area contributed by atoms with Crippen LogP contribution in [-0.4, -0.2) is 36.8 Å². The van der Waals surface area contributed by atoms with E-state index in [9.17, 15) is 4.79 Å². The molecular formula is C30H40O5S. The molecule has 1 saturated heterocycles. The minimum absolute atomic E-state index is 0.0143. The summed E-state index contributed by atoms with van der Waals surface area (Å²) in [5.41, 5.74) is 2.31. The summed E-state index contributed by atoms with van der Waals surface area (Å²) in [5.74, 6) is 0.721. The Balaban J connectivity index is 1.47. The molecular weight excluding hydrogens is 472 g/mol. The van der Waals surface area contributed by atoms with Gasteiger partial charge in [0, 0.05) is 17.4 Å². The molecule has 1 heterocycles. The van der Waals surface area contributed by atoms with Gasteiger partial charge >= 0.3 is 0 Å². The molecule has 1 fully saturated rings. The lowest BCUT2D eigenvalue weighted by Gasteiger charge is -2.45. The van der Waals surface area contributed by atoms with Crippen LogP contribution in [0.3, 0.4) is 0 Å². The highest BCUT2D eigenvalue weighted by Gasteiger charge is 2.40. The summed E-state index contributed by atoms with van der Waals surface area (Å²) < 4.78 is 23.7. The first kappa shape index (κ1) is 28.5. The van der Waals surface area contributed by atoms with E-state index in [4.69, 9.17) is 18.9 Å². The van der Waals surface area contributed by atoms with Gasteiger partial charge in [-0.3, -0.25) is 4.79 Å². The lowest BCUT2D eigenvalue weighted by molar-refractivity contribution is -0.320. The van der Waals surface area contributed by atoms with Crippen LogP contribution in [-0.2, 0) is 25.6 Å². The number of thioether (sulfide) groups is 1. The van der Waals surface area contributed by atoms with Gasteiger partial charge in [-0.2, -0.15) is 0 Å². The standard InChI is InChI=1S/C30H40O5S/c1-21-10-16-26(17-11-21)36-29(31)9-7-8-27-23(3)28(35-30(4,5)34-27)18-22(2)19-33-20-24-12-14-25(32-6)15-13-24/h7,9-17,22-23,27-28H,8,18-20H2,1-6H3/b9-7+/t22-,23+,27-,28-/m1/s1. The topological polar surface area (TPSA) is 54.0 Å². The van der Waals surface area contributed by atoms with Gasteiger partial charge in [-0.25, -0.2) is 0 Å². The zero-order chi connectivity index (χ0) is 26.1. The maximum Gasteiger partial charge on any atom is 0.216 e. The summed E-state index contributed by atoms with van der Waals surface area (Å²) >= 11 is 1.24. The molecule has 2 aromatic carbocycles. The van der Waals surface area contributed by atoms with Crippen molar-refractivity contribution in [1.82, 2.24) is 0 Å². The van der Waals surface area contributed by atoms with Gasteiger partial charge in [-0.1, -0.05) is 49.8 Å². The van der Waals surface area contributed by atoms with E-state index in [-0.39, 0.29) is 23.2 Å². The van der Waals surface area contributed by atoms with Crippen LogP contribution < -0.4 is 4.74 Å². The van der Waals surface area contributed by atoms with Crippen LogP contribution in [0.15, 0.2) is 65.6 Å². The highest BCUT2D eigenvalue weighted by Crippen LogP contribution is 2.35. The van der Waals surface area contributed by atoms with Crippen molar-refractivity contribution in [3.63, 3.8) is 0 Å². The maximum absolute atomic E-state index is 12.4. The number of aryl methyl sites for hydroxylation is 1. The highest BCUT2D eigenvalue weighted by molar-refractivity contribution is 8.14. The minimum atomic E-state index is -0.667. The van der Waals surface area contributed by atoms with Crippen molar-refractivity contribution in [3.05, 3.63) is 71.8 Å². The molecule has 0 N–H and O–H groups in total. The van der Waals surface area contributed by atoms with Crippen molar-refractivity contribution in [2.75, 3.05) is 13.7 Å². The monoisotopic (exact) mass is 512 g/mol. The van der Waals surface area contributed by atoms with Gasteiger partial charge in [0.1, 0.15) is 5.75 Å². The summed E-state index contributed by atoms with van der Waals surface area (Å²) in [4.78, 5) is 13.3.